The Balaban J connectivity index is 1.37. The van der Waals surface area contributed by atoms with Crippen LogP contribution in [0.5, 0.6) is 11.5 Å². The van der Waals surface area contributed by atoms with E-state index in [1.54, 1.807) is 12.7 Å². The van der Waals surface area contributed by atoms with Crippen molar-refractivity contribution in [1.29, 1.82) is 0 Å². The Morgan fingerprint density at radius 2 is 2.03 bits per heavy atom. The fraction of sp³-hybridized carbons (Fsp3) is 0.500. The van der Waals surface area contributed by atoms with Crippen molar-refractivity contribution in [2.45, 2.75) is 32.7 Å². The van der Waals surface area contributed by atoms with Crippen LogP contribution in [-0.2, 0) is 11.3 Å². The van der Waals surface area contributed by atoms with Gasteiger partial charge in [-0.05, 0) is 23.6 Å². The zero-order valence-electron chi connectivity index (χ0n) is 18.3. The molecule has 2 aliphatic rings. The molecule has 32 heavy (non-hydrogen) atoms. The minimum absolute atomic E-state index is 0.0586. The first-order chi connectivity index (χ1) is 15.6. The molecule has 0 unspecified atom stereocenters. The quantitative estimate of drug-likeness (QED) is 0.570. The number of morpholine rings is 1. The smallest absolute Gasteiger partial charge is 0.231 e. The summed E-state index contributed by atoms with van der Waals surface area (Å²) < 4.78 is 19.0. The van der Waals surface area contributed by atoms with E-state index in [9.17, 15) is 5.11 Å². The predicted octanol–water partition coefficient (Wildman–Crippen LogP) is 2.01. The maximum Gasteiger partial charge on any atom is 0.231 e. The number of rotatable bonds is 7. The van der Waals surface area contributed by atoms with E-state index in [4.69, 9.17) is 14.2 Å². The van der Waals surface area contributed by atoms with Gasteiger partial charge in [0.25, 0.3) is 0 Å². The van der Waals surface area contributed by atoms with Crippen LogP contribution in [0, 0.1) is 5.92 Å². The van der Waals surface area contributed by atoms with E-state index in [0.717, 1.165) is 23.6 Å². The fourth-order valence-electron chi connectivity index (χ4n) is 4.07. The molecule has 0 saturated carbocycles. The molecule has 2 atom stereocenters. The molecule has 4 heterocycles. The largest absolute Gasteiger partial charge is 0.454 e. The number of fused-ring (bicyclic) bond motifs is 2. The van der Waals surface area contributed by atoms with Crippen molar-refractivity contribution in [2.24, 2.45) is 5.92 Å². The van der Waals surface area contributed by atoms with E-state index in [2.05, 4.69) is 39.0 Å². The van der Waals surface area contributed by atoms with Crippen LogP contribution in [0.3, 0.4) is 0 Å². The van der Waals surface area contributed by atoms with Gasteiger partial charge in [-0.1, -0.05) is 19.9 Å². The standard InChI is InChI=1S/C22H28N6O4/c1-14(2)6-23-21-20-22(25-11-24-21)28(12-26-20)19-9-27(8-16(10-29)32-19)7-15-3-4-17-18(5-15)31-13-30-17/h3-5,11-12,14,16,19,29H,6-10,13H2,1-2H3,(H,23,24,25)/t16-,19+/m0/s1. The Kier molecular flexibility index (Phi) is 5.81. The summed E-state index contributed by atoms with van der Waals surface area (Å²) in [7, 11) is 0. The number of hydrogen-bond acceptors (Lipinski definition) is 9. The molecule has 2 aliphatic heterocycles. The SMILES string of the molecule is CC(C)CNc1ncnc2c1ncn2[C@H]1CN(Cc2ccc3c(c2)OCO3)C[C@@H](CO)O1. The number of imidazole rings is 1. The van der Waals surface area contributed by atoms with Crippen LogP contribution in [0.4, 0.5) is 5.82 Å². The Morgan fingerprint density at radius 3 is 2.88 bits per heavy atom. The van der Waals surface area contributed by atoms with Crippen LogP contribution in [-0.4, -0.2) is 68.7 Å². The maximum absolute atomic E-state index is 9.85. The van der Waals surface area contributed by atoms with Gasteiger partial charge < -0.3 is 24.6 Å². The average Bonchev–Trinajstić information content (AvgIpc) is 3.44. The Morgan fingerprint density at radius 1 is 1.16 bits per heavy atom. The number of aliphatic hydroxyl groups is 1. The van der Waals surface area contributed by atoms with Crippen LogP contribution in [0.2, 0.25) is 0 Å². The van der Waals surface area contributed by atoms with E-state index in [0.29, 0.717) is 42.5 Å². The number of nitrogens with one attached hydrogen (secondary N) is 1. The van der Waals surface area contributed by atoms with Crippen LogP contribution in [0.15, 0.2) is 30.9 Å². The Bertz CT molecular complexity index is 1090. The molecule has 0 bridgehead atoms. The summed E-state index contributed by atoms with van der Waals surface area (Å²) in [6, 6.07) is 5.98. The molecule has 0 amide bonds. The number of benzene rings is 1. The number of nitrogens with zero attached hydrogens (tertiary/aromatic N) is 5. The van der Waals surface area contributed by atoms with Crippen LogP contribution in [0.1, 0.15) is 25.6 Å². The lowest BCUT2D eigenvalue weighted by atomic mass is 10.1. The first-order valence-corrected chi connectivity index (χ1v) is 10.9. The highest BCUT2D eigenvalue weighted by molar-refractivity contribution is 5.82. The molecule has 0 radical (unpaired) electrons. The van der Waals surface area contributed by atoms with Crippen molar-refractivity contribution in [2.75, 3.05) is 38.4 Å². The Labute approximate surface area is 186 Å². The van der Waals surface area contributed by atoms with Crippen molar-refractivity contribution in [3.05, 3.63) is 36.4 Å². The van der Waals surface area contributed by atoms with Crippen LogP contribution >= 0.6 is 0 Å². The minimum atomic E-state index is -0.326. The number of aliphatic hydroxyl groups excluding tert-OH is 1. The lowest BCUT2D eigenvalue weighted by Gasteiger charge is -2.37. The molecule has 3 aromatic rings. The average molecular weight is 441 g/mol. The molecule has 0 aliphatic carbocycles. The van der Waals surface area contributed by atoms with Crippen LogP contribution < -0.4 is 14.8 Å². The summed E-state index contributed by atoms with van der Waals surface area (Å²) in [5.74, 6) is 2.74. The molecule has 2 aromatic heterocycles. The number of hydrogen-bond donors (Lipinski definition) is 2. The van der Waals surface area contributed by atoms with Gasteiger partial charge in [-0.15, -0.1) is 0 Å². The van der Waals surface area contributed by atoms with E-state index in [1.165, 1.54) is 0 Å². The summed E-state index contributed by atoms with van der Waals surface area (Å²) in [6.45, 7) is 7.25. The highest BCUT2D eigenvalue weighted by Gasteiger charge is 2.30. The lowest BCUT2D eigenvalue weighted by molar-refractivity contribution is -0.135. The van der Waals surface area contributed by atoms with E-state index < -0.39 is 0 Å². The normalized spacial score (nSPS) is 20.9. The first kappa shape index (κ1) is 20.9. The molecule has 170 valence electrons. The molecule has 10 heteroatoms. The van der Waals surface area contributed by atoms with Gasteiger partial charge in [-0.2, -0.15) is 0 Å². The molecule has 0 spiro atoms. The van der Waals surface area contributed by atoms with Gasteiger partial charge in [0, 0.05) is 26.2 Å². The van der Waals surface area contributed by atoms with Gasteiger partial charge in [-0.25, -0.2) is 15.0 Å². The summed E-state index contributed by atoms with van der Waals surface area (Å²) in [5, 5.41) is 13.2. The third-order valence-corrected chi connectivity index (χ3v) is 5.62. The Hall–Kier alpha value is -2.95. The highest BCUT2D eigenvalue weighted by atomic mass is 16.7. The summed E-state index contributed by atoms with van der Waals surface area (Å²) in [4.78, 5) is 15.6. The van der Waals surface area contributed by atoms with Crippen molar-refractivity contribution in [3.63, 3.8) is 0 Å². The molecule has 5 rings (SSSR count). The van der Waals surface area contributed by atoms with Crippen molar-refractivity contribution >= 4 is 17.0 Å². The summed E-state index contributed by atoms with van der Waals surface area (Å²) in [6.07, 6.45) is 2.65. The molecular formula is C22H28N6O4. The van der Waals surface area contributed by atoms with Gasteiger partial charge in [0.1, 0.15) is 12.6 Å². The lowest BCUT2D eigenvalue weighted by Crippen LogP contribution is -2.46. The first-order valence-electron chi connectivity index (χ1n) is 10.9. The van der Waals surface area contributed by atoms with Crippen molar-refractivity contribution in [3.8, 4) is 11.5 Å². The maximum atomic E-state index is 9.85. The second-order valence-corrected chi connectivity index (χ2v) is 8.60. The molecule has 1 fully saturated rings. The number of ether oxygens (including phenoxy) is 3. The van der Waals surface area contributed by atoms with Crippen molar-refractivity contribution in [1.82, 2.24) is 24.4 Å². The molecule has 10 nitrogen and oxygen atoms in total. The zero-order chi connectivity index (χ0) is 22.1. The highest BCUT2D eigenvalue weighted by Crippen LogP contribution is 2.33. The topological polar surface area (TPSA) is 107 Å². The molecule has 1 saturated heterocycles. The fourth-order valence-corrected chi connectivity index (χ4v) is 4.07. The number of anilines is 1. The van der Waals surface area contributed by atoms with Gasteiger partial charge in [-0.3, -0.25) is 9.47 Å². The molecule has 2 N–H and O–H groups in total. The minimum Gasteiger partial charge on any atom is -0.454 e. The third-order valence-electron chi connectivity index (χ3n) is 5.62. The van der Waals surface area contributed by atoms with E-state index >= 15 is 0 Å². The molecule has 1 aromatic carbocycles. The van der Waals surface area contributed by atoms with Crippen LogP contribution in [0.25, 0.3) is 11.2 Å². The van der Waals surface area contributed by atoms with Gasteiger partial charge >= 0.3 is 0 Å². The summed E-state index contributed by atoms with van der Waals surface area (Å²) in [5.41, 5.74) is 2.53. The zero-order valence-corrected chi connectivity index (χ0v) is 18.3. The molecular weight excluding hydrogens is 412 g/mol. The second-order valence-electron chi connectivity index (χ2n) is 8.60. The number of aromatic nitrogens is 4. The monoisotopic (exact) mass is 440 g/mol. The third kappa shape index (κ3) is 4.21. The second kappa shape index (κ2) is 8.89. The van der Waals surface area contributed by atoms with Gasteiger partial charge in [0.05, 0.1) is 19.0 Å². The van der Waals surface area contributed by atoms with Gasteiger partial charge in [0.15, 0.2) is 28.5 Å². The predicted molar refractivity (Wildman–Crippen MR) is 117 cm³/mol. The van der Waals surface area contributed by atoms with Gasteiger partial charge in [0.2, 0.25) is 6.79 Å². The van der Waals surface area contributed by atoms with E-state index in [-0.39, 0.29) is 25.7 Å². The van der Waals surface area contributed by atoms with Crippen molar-refractivity contribution < 1.29 is 19.3 Å². The summed E-state index contributed by atoms with van der Waals surface area (Å²) >= 11 is 0. The van der Waals surface area contributed by atoms with E-state index in [1.807, 2.05) is 22.8 Å².